The Kier molecular flexibility index (Phi) is 4.89. The van der Waals surface area contributed by atoms with E-state index in [1.165, 1.54) is 17.0 Å². The fraction of sp³-hybridized carbons (Fsp3) is 0.200. The molecule has 0 aliphatic rings. The number of rotatable bonds is 4. The minimum atomic E-state index is -3.27. The van der Waals surface area contributed by atoms with Gasteiger partial charge in [0.25, 0.3) is 11.5 Å². The monoisotopic (exact) mass is 384 g/mol. The highest BCUT2D eigenvalue weighted by Gasteiger charge is 2.21. The van der Waals surface area contributed by atoms with Crippen molar-refractivity contribution in [2.45, 2.75) is 17.9 Å². The highest BCUT2D eigenvalue weighted by atomic mass is 32.2. The third-order valence-electron chi connectivity index (χ3n) is 4.68. The number of hydrogen-bond donors (Lipinski definition) is 1. The lowest BCUT2D eigenvalue weighted by molar-refractivity contribution is 0.0736. The van der Waals surface area contributed by atoms with Crippen molar-refractivity contribution in [2.75, 3.05) is 13.3 Å². The van der Waals surface area contributed by atoms with Gasteiger partial charge in [-0.2, -0.15) is 0 Å². The fourth-order valence-electron chi connectivity index (χ4n) is 2.91. The van der Waals surface area contributed by atoms with Crippen LogP contribution in [0.1, 0.15) is 29.0 Å². The number of aromatic nitrogens is 1. The van der Waals surface area contributed by atoms with Crippen molar-refractivity contribution in [3.05, 3.63) is 76.2 Å². The molecule has 0 saturated heterocycles. The van der Waals surface area contributed by atoms with E-state index < -0.39 is 9.84 Å². The molecule has 3 aromatic rings. The van der Waals surface area contributed by atoms with Gasteiger partial charge in [-0.05, 0) is 42.1 Å². The van der Waals surface area contributed by atoms with E-state index in [2.05, 4.69) is 4.98 Å². The second-order valence-corrected chi connectivity index (χ2v) is 8.55. The molecule has 1 atom stereocenters. The smallest absolute Gasteiger partial charge is 0.270 e. The number of amides is 1. The number of benzene rings is 2. The molecule has 0 fully saturated rings. The predicted molar refractivity (Wildman–Crippen MR) is 105 cm³/mol. The third kappa shape index (κ3) is 3.78. The molecule has 27 heavy (non-hydrogen) atoms. The number of fused-ring (bicyclic) bond motifs is 1. The number of sulfone groups is 1. The molecule has 1 heterocycles. The van der Waals surface area contributed by atoms with Crippen LogP contribution in [0, 0.1) is 0 Å². The Bertz CT molecular complexity index is 1160. The maximum Gasteiger partial charge on any atom is 0.270 e. The average Bonchev–Trinajstić information content (AvgIpc) is 2.65. The van der Waals surface area contributed by atoms with Gasteiger partial charge in [-0.15, -0.1) is 0 Å². The molecule has 140 valence electrons. The maximum absolute atomic E-state index is 12.8. The van der Waals surface area contributed by atoms with Gasteiger partial charge in [0.05, 0.1) is 10.9 Å². The lowest BCUT2D eigenvalue weighted by atomic mass is 10.1. The van der Waals surface area contributed by atoms with Gasteiger partial charge in [0.2, 0.25) is 0 Å². The molecule has 0 bridgehead atoms. The topological polar surface area (TPSA) is 87.3 Å². The minimum absolute atomic E-state index is 0.209. The lowest BCUT2D eigenvalue weighted by Crippen LogP contribution is -2.31. The number of nitrogens with zero attached hydrogens (tertiary/aromatic N) is 1. The Hall–Kier alpha value is -2.93. The van der Waals surface area contributed by atoms with E-state index in [-0.39, 0.29) is 28.1 Å². The summed E-state index contributed by atoms with van der Waals surface area (Å²) in [5.41, 5.74) is 0.692. The van der Waals surface area contributed by atoms with Gasteiger partial charge in [0.1, 0.15) is 5.69 Å². The number of H-pyrrole nitrogens is 1. The van der Waals surface area contributed by atoms with E-state index in [0.29, 0.717) is 10.8 Å². The van der Waals surface area contributed by atoms with Crippen molar-refractivity contribution in [2.24, 2.45) is 0 Å². The fourth-order valence-corrected chi connectivity index (χ4v) is 3.54. The van der Waals surface area contributed by atoms with Crippen LogP contribution < -0.4 is 5.56 Å². The Morgan fingerprint density at radius 3 is 2.33 bits per heavy atom. The normalized spacial score (nSPS) is 12.7. The molecule has 0 saturated carbocycles. The lowest BCUT2D eigenvalue weighted by Gasteiger charge is -2.25. The highest BCUT2D eigenvalue weighted by Crippen LogP contribution is 2.22. The molecule has 1 N–H and O–H groups in total. The Balaban J connectivity index is 1.90. The maximum atomic E-state index is 12.8. The minimum Gasteiger partial charge on any atom is -0.334 e. The zero-order chi connectivity index (χ0) is 19.8. The van der Waals surface area contributed by atoms with E-state index in [0.717, 1.165) is 11.8 Å². The van der Waals surface area contributed by atoms with E-state index in [4.69, 9.17) is 0 Å². The van der Waals surface area contributed by atoms with Gasteiger partial charge in [-0.3, -0.25) is 9.59 Å². The standard InChI is InChI=1S/C20H20N2O4S/c1-13(14-8-10-16(11-9-14)27(3,25)26)22(2)20(24)18-12-15-6-4-5-7-17(15)19(23)21-18/h4-13H,1-3H3,(H,21,23). The molecule has 2 aromatic carbocycles. The van der Waals surface area contributed by atoms with Crippen molar-refractivity contribution in [3.8, 4) is 0 Å². The first-order chi connectivity index (χ1) is 12.7. The van der Waals surface area contributed by atoms with Crippen LogP contribution in [-0.2, 0) is 9.84 Å². The Labute approximate surface area is 157 Å². The molecule has 3 rings (SSSR count). The average molecular weight is 384 g/mol. The van der Waals surface area contributed by atoms with Crippen molar-refractivity contribution >= 4 is 26.5 Å². The van der Waals surface area contributed by atoms with Crippen LogP contribution in [-0.4, -0.2) is 37.5 Å². The number of hydrogen-bond acceptors (Lipinski definition) is 4. The summed E-state index contributed by atoms with van der Waals surface area (Å²) in [7, 11) is -1.63. The van der Waals surface area contributed by atoms with Crippen LogP contribution in [0.4, 0.5) is 0 Å². The van der Waals surface area contributed by atoms with Crippen LogP contribution in [0.3, 0.4) is 0 Å². The van der Waals surface area contributed by atoms with Gasteiger partial charge in [-0.25, -0.2) is 8.42 Å². The van der Waals surface area contributed by atoms with Crippen LogP contribution in [0.5, 0.6) is 0 Å². The molecular formula is C20H20N2O4S. The van der Waals surface area contributed by atoms with Crippen LogP contribution in [0.25, 0.3) is 10.8 Å². The van der Waals surface area contributed by atoms with Crippen molar-refractivity contribution in [3.63, 3.8) is 0 Å². The summed E-state index contributed by atoms with van der Waals surface area (Å²) >= 11 is 0. The Morgan fingerprint density at radius 2 is 1.70 bits per heavy atom. The number of carbonyl (C=O) groups is 1. The number of nitrogens with one attached hydrogen (secondary N) is 1. The van der Waals surface area contributed by atoms with Crippen LogP contribution >= 0.6 is 0 Å². The van der Waals surface area contributed by atoms with E-state index >= 15 is 0 Å². The second-order valence-electron chi connectivity index (χ2n) is 6.53. The largest absolute Gasteiger partial charge is 0.334 e. The summed E-state index contributed by atoms with van der Waals surface area (Å²) in [6.07, 6.45) is 1.15. The van der Waals surface area contributed by atoms with Crippen LogP contribution in [0.15, 0.2) is 64.3 Å². The summed E-state index contributed by atoms with van der Waals surface area (Å²) in [5, 5.41) is 1.23. The van der Waals surface area contributed by atoms with Gasteiger partial charge in [0.15, 0.2) is 9.84 Å². The molecule has 0 aliphatic carbocycles. The van der Waals surface area contributed by atoms with Gasteiger partial charge in [-0.1, -0.05) is 30.3 Å². The van der Waals surface area contributed by atoms with E-state index in [9.17, 15) is 18.0 Å². The molecular weight excluding hydrogens is 364 g/mol. The molecule has 0 radical (unpaired) electrons. The van der Waals surface area contributed by atoms with Gasteiger partial charge < -0.3 is 9.88 Å². The van der Waals surface area contributed by atoms with Crippen molar-refractivity contribution < 1.29 is 13.2 Å². The van der Waals surface area contributed by atoms with Crippen molar-refractivity contribution in [1.82, 2.24) is 9.88 Å². The van der Waals surface area contributed by atoms with Crippen molar-refractivity contribution in [1.29, 1.82) is 0 Å². The zero-order valence-electron chi connectivity index (χ0n) is 15.3. The number of pyridine rings is 1. The quantitative estimate of drug-likeness (QED) is 0.749. The third-order valence-corrected chi connectivity index (χ3v) is 5.80. The number of carbonyl (C=O) groups excluding carboxylic acids is 1. The summed E-state index contributed by atoms with van der Waals surface area (Å²) in [4.78, 5) is 29.4. The molecule has 1 aromatic heterocycles. The Morgan fingerprint density at radius 1 is 1.07 bits per heavy atom. The molecule has 0 spiro atoms. The molecule has 1 unspecified atom stereocenters. The summed E-state index contributed by atoms with van der Waals surface area (Å²) in [6, 6.07) is 14.9. The predicted octanol–water partition coefficient (Wildman–Crippen LogP) is 2.76. The first kappa shape index (κ1) is 18.8. The molecule has 7 heteroatoms. The van der Waals surface area contributed by atoms with Crippen LogP contribution in [0.2, 0.25) is 0 Å². The zero-order valence-corrected chi connectivity index (χ0v) is 16.1. The van der Waals surface area contributed by atoms with Gasteiger partial charge in [0, 0.05) is 18.7 Å². The van der Waals surface area contributed by atoms with Gasteiger partial charge >= 0.3 is 0 Å². The van der Waals surface area contributed by atoms with E-state index in [1.54, 1.807) is 43.4 Å². The first-order valence-corrected chi connectivity index (χ1v) is 10.3. The number of aromatic amines is 1. The summed E-state index contributed by atoms with van der Waals surface area (Å²) < 4.78 is 23.2. The highest BCUT2D eigenvalue weighted by molar-refractivity contribution is 7.90. The second kappa shape index (κ2) is 7.00. The summed E-state index contributed by atoms with van der Waals surface area (Å²) in [6.45, 7) is 1.84. The summed E-state index contributed by atoms with van der Waals surface area (Å²) in [5.74, 6) is -0.322. The molecule has 6 nitrogen and oxygen atoms in total. The molecule has 0 aliphatic heterocycles. The first-order valence-electron chi connectivity index (χ1n) is 8.38. The SMILES string of the molecule is CC(c1ccc(S(C)(=O)=O)cc1)N(C)C(=O)c1cc2ccccc2c(=O)[nH]1. The van der Waals surface area contributed by atoms with E-state index in [1.807, 2.05) is 13.0 Å². The molecule has 1 amide bonds.